The molecule has 0 aliphatic rings. The first-order valence-corrected chi connectivity index (χ1v) is 4.60. The third-order valence-corrected chi connectivity index (χ3v) is 3.47. The van der Waals surface area contributed by atoms with Gasteiger partial charge in [0.15, 0.2) is 0 Å². The van der Waals surface area contributed by atoms with Crippen molar-refractivity contribution in [2.24, 2.45) is 0 Å². The van der Waals surface area contributed by atoms with Crippen LogP contribution in [0.1, 0.15) is 34.6 Å². The number of carbonyl (C=O) groups is 1. The van der Waals surface area contributed by atoms with E-state index in [1.807, 2.05) is 14.1 Å². The second-order valence-corrected chi connectivity index (χ2v) is 4.51. The summed E-state index contributed by atoms with van der Waals surface area (Å²) in [6, 6.07) is 0. The maximum Gasteiger partial charge on any atom is 0.219 e. The Morgan fingerprint density at radius 2 is 1.62 bits per heavy atom. The molecular formula is C10H22N2O. The van der Waals surface area contributed by atoms with E-state index in [9.17, 15) is 4.79 Å². The predicted molar refractivity (Wildman–Crippen MR) is 55.7 cm³/mol. The fourth-order valence-electron chi connectivity index (χ4n) is 1.12. The molecule has 1 N–H and O–H groups in total. The van der Waals surface area contributed by atoms with Gasteiger partial charge in [0.2, 0.25) is 5.91 Å². The molecule has 0 unspecified atom stereocenters. The summed E-state index contributed by atoms with van der Waals surface area (Å²) in [7, 11) is 3.75. The molecule has 3 heteroatoms. The van der Waals surface area contributed by atoms with Crippen LogP contribution in [0.15, 0.2) is 0 Å². The van der Waals surface area contributed by atoms with Crippen molar-refractivity contribution < 1.29 is 4.79 Å². The average molecular weight is 186 g/mol. The minimum atomic E-state index is -0.201. The van der Waals surface area contributed by atoms with E-state index < -0.39 is 0 Å². The van der Waals surface area contributed by atoms with Gasteiger partial charge in [0.25, 0.3) is 0 Å². The molecule has 0 spiro atoms. The summed E-state index contributed by atoms with van der Waals surface area (Å²) in [5, 5.41) is 3.22. The minimum Gasteiger partial charge on any atom is -0.339 e. The van der Waals surface area contributed by atoms with E-state index in [1.54, 1.807) is 11.8 Å². The first kappa shape index (κ1) is 12.4. The van der Waals surface area contributed by atoms with Crippen molar-refractivity contribution in [1.82, 2.24) is 10.2 Å². The van der Waals surface area contributed by atoms with E-state index in [2.05, 4.69) is 33.0 Å². The Balaban J connectivity index is 4.84. The van der Waals surface area contributed by atoms with Gasteiger partial charge in [-0.05, 0) is 34.7 Å². The second-order valence-electron chi connectivity index (χ2n) is 4.51. The lowest BCUT2D eigenvalue weighted by atomic mass is 9.81. The molecule has 0 aromatic heterocycles. The molecule has 0 bridgehead atoms. The summed E-state index contributed by atoms with van der Waals surface area (Å²) in [5.74, 6) is 0.0910. The lowest BCUT2D eigenvalue weighted by molar-refractivity contribution is -0.134. The Morgan fingerprint density at radius 1 is 1.23 bits per heavy atom. The zero-order valence-electron chi connectivity index (χ0n) is 9.86. The molecular weight excluding hydrogens is 164 g/mol. The van der Waals surface area contributed by atoms with Crippen molar-refractivity contribution in [2.45, 2.75) is 45.7 Å². The fourth-order valence-corrected chi connectivity index (χ4v) is 1.12. The summed E-state index contributed by atoms with van der Waals surface area (Å²) in [5.41, 5.74) is -0.305. The Morgan fingerprint density at radius 3 is 1.85 bits per heavy atom. The standard InChI is InChI=1S/C10H22N2O/c1-8(13)12(7)10(4,5)9(2,3)11-6/h11H,1-7H3. The highest BCUT2D eigenvalue weighted by atomic mass is 16.2. The highest BCUT2D eigenvalue weighted by Crippen LogP contribution is 2.26. The van der Waals surface area contributed by atoms with Crippen LogP contribution in [-0.4, -0.2) is 36.0 Å². The highest BCUT2D eigenvalue weighted by molar-refractivity contribution is 5.74. The molecule has 0 aromatic carbocycles. The zero-order valence-corrected chi connectivity index (χ0v) is 9.86. The summed E-state index contributed by atoms with van der Waals surface area (Å²) in [6.45, 7) is 9.89. The second kappa shape index (κ2) is 3.66. The average Bonchev–Trinajstić information content (AvgIpc) is 2.02. The van der Waals surface area contributed by atoms with Crippen molar-refractivity contribution in [3.05, 3.63) is 0 Å². The number of hydrogen-bond acceptors (Lipinski definition) is 2. The van der Waals surface area contributed by atoms with Gasteiger partial charge in [-0.15, -0.1) is 0 Å². The Labute approximate surface area is 81.5 Å². The quantitative estimate of drug-likeness (QED) is 0.719. The Hall–Kier alpha value is -0.570. The Kier molecular flexibility index (Phi) is 3.50. The van der Waals surface area contributed by atoms with Gasteiger partial charge in [-0.3, -0.25) is 4.79 Å². The number of nitrogens with one attached hydrogen (secondary N) is 1. The normalized spacial score (nSPS) is 12.8. The van der Waals surface area contributed by atoms with Crippen molar-refractivity contribution in [3.63, 3.8) is 0 Å². The van der Waals surface area contributed by atoms with Crippen LogP contribution in [0, 0.1) is 0 Å². The van der Waals surface area contributed by atoms with Crippen LogP contribution >= 0.6 is 0 Å². The molecule has 0 heterocycles. The first-order chi connectivity index (χ1) is 5.66. The highest BCUT2D eigenvalue weighted by Gasteiger charge is 2.40. The van der Waals surface area contributed by atoms with Crippen LogP contribution in [0.3, 0.4) is 0 Å². The van der Waals surface area contributed by atoms with Gasteiger partial charge in [-0.25, -0.2) is 0 Å². The fraction of sp³-hybridized carbons (Fsp3) is 0.900. The van der Waals surface area contributed by atoms with Crippen molar-refractivity contribution in [2.75, 3.05) is 14.1 Å². The number of amides is 1. The topological polar surface area (TPSA) is 32.3 Å². The molecule has 0 fully saturated rings. The third kappa shape index (κ3) is 2.21. The van der Waals surface area contributed by atoms with Crippen LogP contribution in [0.2, 0.25) is 0 Å². The van der Waals surface area contributed by atoms with E-state index in [4.69, 9.17) is 0 Å². The molecule has 0 rings (SSSR count). The van der Waals surface area contributed by atoms with Crippen molar-refractivity contribution in [1.29, 1.82) is 0 Å². The van der Waals surface area contributed by atoms with E-state index in [0.717, 1.165) is 0 Å². The van der Waals surface area contributed by atoms with Gasteiger partial charge in [0, 0.05) is 19.5 Å². The van der Waals surface area contributed by atoms with Gasteiger partial charge in [0.05, 0.1) is 5.54 Å². The van der Waals surface area contributed by atoms with Gasteiger partial charge in [-0.1, -0.05) is 0 Å². The van der Waals surface area contributed by atoms with Crippen LogP contribution in [0.5, 0.6) is 0 Å². The lowest BCUT2D eigenvalue weighted by Gasteiger charge is -2.47. The number of rotatable bonds is 3. The first-order valence-electron chi connectivity index (χ1n) is 4.60. The molecule has 0 saturated carbocycles. The predicted octanol–water partition coefficient (Wildman–Crippen LogP) is 1.24. The molecule has 0 radical (unpaired) electrons. The Bertz CT molecular complexity index is 197. The molecule has 0 aromatic rings. The van der Waals surface area contributed by atoms with Gasteiger partial charge < -0.3 is 10.2 Å². The monoisotopic (exact) mass is 186 g/mol. The van der Waals surface area contributed by atoms with E-state index in [1.165, 1.54) is 0 Å². The van der Waals surface area contributed by atoms with Gasteiger partial charge in [-0.2, -0.15) is 0 Å². The summed E-state index contributed by atoms with van der Waals surface area (Å²) < 4.78 is 0. The molecule has 0 aliphatic heterocycles. The number of nitrogens with zero attached hydrogens (tertiary/aromatic N) is 1. The molecule has 0 atom stereocenters. The molecule has 13 heavy (non-hydrogen) atoms. The van der Waals surface area contributed by atoms with E-state index in [0.29, 0.717) is 0 Å². The summed E-state index contributed by atoms with van der Waals surface area (Å²) >= 11 is 0. The van der Waals surface area contributed by atoms with Crippen molar-refractivity contribution in [3.8, 4) is 0 Å². The van der Waals surface area contributed by atoms with Gasteiger partial charge in [0.1, 0.15) is 0 Å². The van der Waals surface area contributed by atoms with Crippen LogP contribution < -0.4 is 5.32 Å². The summed E-state index contributed by atoms with van der Waals surface area (Å²) in [4.78, 5) is 13.0. The molecule has 0 aliphatic carbocycles. The molecule has 3 nitrogen and oxygen atoms in total. The SMILES string of the molecule is CNC(C)(C)C(C)(C)N(C)C(C)=O. The van der Waals surface area contributed by atoms with Crippen LogP contribution in [0.4, 0.5) is 0 Å². The summed E-state index contributed by atoms with van der Waals surface area (Å²) in [6.07, 6.45) is 0. The maximum atomic E-state index is 11.3. The molecule has 1 amide bonds. The lowest BCUT2D eigenvalue weighted by Crippen LogP contribution is -2.63. The minimum absolute atomic E-state index is 0.0910. The largest absolute Gasteiger partial charge is 0.339 e. The zero-order chi connectivity index (χ0) is 10.9. The number of carbonyl (C=O) groups excluding carboxylic acids is 1. The number of likely N-dealkylation sites (N-methyl/N-ethyl adjacent to an activating group) is 2. The van der Waals surface area contributed by atoms with Crippen molar-refractivity contribution >= 4 is 5.91 Å². The van der Waals surface area contributed by atoms with Crippen LogP contribution in [-0.2, 0) is 4.79 Å². The smallest absolute Gasteiger partial charge is 0.219 e. The van der Waals surface area contributed by atoms with Crippen LogP contribution in [0.25, 0.3) is 0 Å². The van der Waals surface area contributed by atoms with E-state index in [-0.39, 0.29) is 17.0 Å². The van der Waals surface area contributed by atoms with E-state index >= 15 is 0 Å². The molecule has 78 valence electrons. The van der Waals surface area contributed by atoms with Gasteiger partial charge >= 0.3 is 0 Å². The molecule has 0 saturated heterocycles. The third-order valence-electron chi connectivity index (χ3n) is 3.47. The maximum absolute atomic E-state index is 11.3. The number of hydrogen-bond donors (Lipinski definition) is 1.